The molecule has 0 bridgehead atoms. The van der Waals surface area contributed by atoms with Crippen molar-refractivity contribution in [1.29, 1.82) is 0 Å². The van der Waals surface area contributed by atoms with Crippen molar-refractivity contribution in [3.05, 3.63) is 0 Å². The lowest BCUT2D eigenvalue weighted by atomic mass is 9.76. The number of likely N-dealkylation sites (N-methyl/N-ethyl adjacent to an activating group) is 1. The third-order valence-electron chi connectivity index (χ3n) is 4.29. The van der Waals surface area contributed by atoms with E-state index >= 15 is 0 Å². The van der Waals surface area contributed by atoms with E-state index in [9.17, 15) is 4.79 Å². The van der Waals surface area contributed by atoms with Crippen molar-refractivity contribution in [2.24, 2.45) is 5.73 Å². The Kier molecular flexibility index (Phi) is 3.53. The molecule has 2 fully saturated rings. The monoisotopic (exact) mass is 224 g/mol. The van der Waals surface area contributed by atoms with Crippen molar-refractivity contribution in [3.63, 3.8) is 0 Å². The Hall–Kier alpha value is -0.570. The largest absolute Gasteiger partial charge is 0.338 e. The summed E-state index contributed by atoms with van der Waals surface area (Å²) in [5, 5.41) is 0. The molecule has 0 aromatic rings. The zero-order valence-electron chi connectivity index (χ0n) is 10.4. The predicted octanol–water partition coefficient (Wildman–Crippen LogP) is 2.05. The van der Waals surface area contributed by atoms with Crippen molar-refractivity contribution in [3.8, 4) is 0 Å². The highest BCUT2D eigenvalue weighted by Gasteiger charge is 2.43. The van der Waals surface area contributed by atoms with E-state index in [1.54, 1.807) is 0 Å². The lowest BCUT2D eigenvalue weighted by Crippen LogP contribution is -2.61. The summed E-state index contributed by atoms with van der Waals surface area (Å²) in [6.07, 6.45) is 9.11. The molecule has 1 amide bonds. The first kappa shape index (κ1) is 11.9. The summed E-state index contributed by atoms with van der Waals surface area (Å²) in [5.74, 6) is 0.216. The minimum atomic E-state index is -0.506. The summed E-state index contributed by atoms with van der Waals surface area (Å²) in [4.78, 5) is 14.4. The first-order chi connectivity index (χ1) is 7.67. The lowest BCUT2D eigenvalue weighted by molar-refractivity contribution is -0.143. The van der Waals surface area contributed by atoms with E-state index in [4.69, 9.17) is 5.73 Å². The minimum absolute atomic E-state index is 0.216. The summed E-state index contributed by atoms with van der Waals surface area (Å²) < 4.78 is 0. The Balaban J connectivity index is 2.00. The number of amides is 1. The van der Waals surface area contributed by atoms with E-state index in [1.807, 2.05) is 0 Å². The Morgan fingerprint density at radius 2 is 1.88 bits per heavy atom. The maximum absolute atomic E-state index is 12.4. The van der Waals surface area contributed by atoms with Crippen LogP contribution in [0.2, 0.25) is 0 Å². The van der Waals surface area contributed by atoms with Gasteiger partial charge in [-0.1, -0.05) is 19.3 Å². The fourth-order valence-corrected chi connectivity index (χ4v) is 3.02. The highest BCUT2D eigenvalue weighted by atomic mass is 16.2. The molecule has 2 aliphatic rings. The number of hydrogen-bond acceptors (Lipinski definition) is 2. The van der Waals surface area contributed by atoms with E-state index in [2.05, 4.69) is 11.8 Å². The number of nitrogens with zero attached hydrogens (tertiary/aromatic N) is 1. The van der Waals surface area contributed by atoms with Crippen LogP contribution in [0.15, 0.2) is 0 Å². The molecule has 0 atom stereocenters. The van der Waals surface area contributed by atoms with Gasteiger partial charge in [-0.2, -0.15) is 0 Å². The second kappa shape index (κ2) is 4.74. The van der Waals surface area contributed by atoms with Gasteiger partial charge < -0.3 is 10.6 Å². The van der Waals surface area contributed by atoms with Crippen LogP contribution < -0.4 is 5.73 Å². The van der Waals surface area contributed by atoms with Crippen LogP contribution in [-0.4, -0.2) is 28.9 Å². The van der Waals surface area contributed by atoms with Gasteiger partial charge in [0.05, 0.1) is 5.54 Å². The third-order valence-corrected chi connectivity index (χ3v) is 4.29. The van der Waals surface area contributed by atoms with Crippen LogP contribution in [0.25, 0.3) is 0 Å². The van der Waals surface area contributed by atoms with E-state index in [0.29, 0.717) is 6.04 Å². The van der Waals surface area contributed by atoms with Gasteiger partial charge in [-0.15, -0.1) is 0 Å². The SMILES string of the molecule is CCN(C(=O)C1(N)CCC1)C1CCCCC1. The molecule has 0 heterocycles. The molecule has 2 N–H and O–H groups in total. The van der Waals surface area contributed by atoms with Crippen LogP contribution in [-0.2, 0) is 4.79 Å². The molecule has 92 valence electrons. The highest BCUT2D eigenvalue weighted by Crippen LogP contribution is 2.33. The molecular formula is C13H24N2O. The van der Waals surface area contributed by atoms with Crippen LogP contribution in [0, 0.1) is 0 Å². The molecule has 0 saturated heterocycles. The van der Waals surface area contributed by atoms with Crippen LogP contribution in [0.4, 0.5) is 0 Å². The van der Waals surface area contributed by atoms with Crippen LogP contribution >= 0.6 is 0 Å². The first-order valence-corrected chi connectivity index (χ1v) is 6.77. The molecular weight excluding hydrogens is 200 g/mol. The molecule has 0 radical (unpaired) electrons. The maximum Gasteiger partial charge on any atom is 0.242 e. The van der Waals surface area contributed by atoms with Gasteiger partial charge in [0.2, 0.25) is 5.91 Å². The minimum Gasteiger partial charge on any atom is -0.338 e. The normalized spacial score (nSPS) is 24.9. The van der Waals surface area contributed by atoms with Gasteiger partial charge in [-0.05, 0) is 39.0 Å². The summed E-state index contributed by atoms with van der Waals surface area (Å²) in [6.45, 7) is 2.90. The van der Waals surface area contributed by atoms with Crippen LogP contribution in [0.5, 0.6) is 0 Å². The van der Waals surface area contributed by atoms with Crippen LogP contribution in [0.3, 0.4) is 0 Å². The number of nitrogens with two attached hydrogens (primary N) is 1. The molecule has 0 aromatic heterocycles. The van der Waals surface area contributed by atoms with E-state index in [0.717, 1.165) is 25.8 Å². The zero-order valence-corrected chi connectivity index (χ0v) is 10.4. The Bertz CT molecular complexity index is 255. The Morgan fingerprint density at radius 1 is 1.25 bits per heavy atom. The predicted molar refractivity (Wildman–Crippen MR) is 65.0 cm³/mol. The molecule has 0 unspecified atom stereocenters. The van der Waals surface area contributed by atoms with Crippen molar-refractivity contribution >= 4 is 5.91 Å². The van der Waals surface area contributed by atoms with Gasteiger partial charge in [0.25, 0.3) is 0 Å². The smallest absolute Gasteiger partial charge is 0.242 e. The second-order valence-corrected chi connectivity index (χ2v) is 5.39. The average molecular weight is 224 g/mol. The quantitative estimate of drug-likeness (QED) is 0.797. The number of carbonyl (C=O) groups excluding carboxylic acids is 1. The summed E-state index contributed by atoms with van der Waals surface area (Å²) in [7, 11) is 0. The van der Waals surface area contributed by atoms with Gasteiger partial charge in [0.15, 0.2) is 0 Å². The zero-order chi connectivity index (χ0) is 11.6. The van der Waals surface area contributed by atoms with Crippen molar-refractivity contribution in [1.82, 2.24) is 4.90 Å². The van der Waals surface area contributed by atoms with Crippen LogP contribution in [0.1, 0.15) is 58.3 Å². The van der Waals surface area contributed by atoms with Gasteiger partial charge in [0, 0.05) is 12.6 Å². The van der Waals surface area contributed by atoms with E-state index in [1.165, 1.54) is 32.1 Å². The summed E-state index contributed by atoms with van der Waals surface area (Å²) in [6, 6.07) is 0.465. The first-order valence-electron chi connectivity index (χ1n) is 6.77. The van der Waals surface area contributed by atoms with Gasteiger partial charge >= 0.3 is 0 Å². The maximum atomic E-state index is 12.4. The fraction of sp³-hybridized carbons (Fsp3) is 0.923. The summed E-state index contributed by atoms with van der Waals surface area (Å²) >= 11 is 0. The van der Waals surface area contributed by atoms with E-state index in [-0.39, 0.29) is 5.91 Å². The van der Waals surface area contributed by atoms with E-state index < -0.39 is 5.54 Å². The Morgan fingerprint density at radius 3 is 2.31 bits per heavy atom. The molecule has 2 rings (SSSR count). The highest BCUT2D eigenvalue weighted by molar-refractivity contribution is 5.87. The number of rotatable bonds is 3. The molecule has 3 heteroatoms. The summed E-state index contributed by atoms with van der Waals surface area (Å²) in [5.41, 5.74) is 5.63. The third kappa shape index (κ3) is 2.10. The molecule has 2 aliphatic carbocycles. The molecule has 3 nitrogen and oxygen atoms in total. The Labute approximate surface area is 98.4 Å². The average Bonchev–Trinajstić information content (AvgIpc) is 2.28. The molecule has 0 spiro atoms. The molecule has 16 heavy (non-hydrogen) atoms. The number of carbonyl (C=O) groups is 1. The topological polar surface area (TPSA) is 46.3 Å². The van der Waals surface area contributed by atoms with Crippen molar-refractivity contribution in [2.75, 3.05) is 6.54 Å². The second-order valence-electron chi connectivity index (χ2n) is 5.39. The van der Waals surface area contributed by atoms with Gasteiger partial charge in [-0.25, -0.2) is 0 Å². The molecule has 0 aliphatic heterocycles. The van der Waals surface area contributed by atoms with Crippen molar-refractivity contribution in [2.45, 2.75) is 69.9 Å². The van der Waals surface area contributed by atoms with Gasteiger partial charge in [-0.3, -0.25) is 4.79 Å². The lowest BCUT2D eigenvalue weighted by Gasteiger charge is -2.43. The standard InChI is InChI=1S/C13H24N2O/c1-2-15(11-7-4-3-5-8-11)12(16)13(14)9-6-10-13/h11H,2-10,14H2,1H3. The molecule has 2 saturated carbocycles. The molecule has 0 aromatic carbocycles. The van der Waals surface area contributed by atoms with Crippen molar-refractivity contribution < 1.29 is 4.79 Å². The fourth-order valence-electron chi connectivity index (χ4n) is 3.02. The number of hydrogen-bond donors (Lipinski definition) is 1. The van der Waals surface area contributed by atoms with Gasteiger partial charge in [0.1, 0.15) is 0 Å².